The van der Waals surface area contributed by atoms with Crippen molar-refractivity contribution in [3.8, 4) is 0 Å². The summed E-state index contributed by atoms with van der Waals surface area (Å²) in [7, 11) is 0. The van der Waals surface area contributed by atoms with E-state index < -0.39 is 0 Å². The van der Waals surface area contributed by atoms with Crippen LogP contribution in [0.1, 0.15) is 22.7 Å². The van der Waals surface area contributed by atoms with E-state index in [9.17, 15) is 0 Å². The average molecular weight is 326 g/mol. The summed E-state index contributed by atoms with van der Waals surface area (Å²) in [6.07, 6.45) is 0. The van der Waals surface area contributed by atoms with Crippen LogP contribution in [0.5, 0.6) is 0 Å². The molecule has 2 aromatic rings. The third kappa shape index (κ3) is 2.75. The highest BCUT2D eigenvalue weighted by Gasteiger charge is 2.17. The summed E-state index contributed by atoms with van der Waals surface area (Å²) in [4.78, 5) is 0. The molecule has 2 aromatic carbocycles. The van der Waals surface area contributed by atoms with E-state index in [0.717, 1.165) is 15.6 Å². The SMILES string of the molecule is Cc1ccc(Br)c(C(NN)c2ccccc2Cl)c1. The zero-order chi connectivity index (χ0) is 13.1. The van der Waals surface area contributed by atoms with Gasteiger partial charge < -0.3 is 0 Å². The van der Waals surface area contributed by atoms with Crippen LogP contribution in [0.15, 0.2) is 46.9 Å². The van der Waals surface area contributed by atoms with E-state index in [1.54, 1.807) is 0 Å². The van der Waals surface area contributed by atoms with Crippen LogP contribution in [-0.2, 0) is 0 Å². The van der Waals surface area contributed by atoms with Crippen LogP contribution in [0.4, 0.5) is 0 Å². The zero-order valence-corrected chi connectivity index (χ0v) is 12.3. The van der Waals surface area contributed by atoms with E-state index in [1.807, 2.05) is 36.4 Å². The zero-order valence-electron chi connectivity index (χ0n) is 9.95. The highest BCUT2D eigenvalue weighted by Crippen LogP contribution is 2.32. The fraction of sp³-hybridized carbons (Fsp3) is 0.143. The predicted molar refractivity (Wildman–Crippen MR) is 79.5 cm³/mol. The molecule has 1 unspecified atom stereocenters. The maximum atomic E-state index is 6.23. The van der Waals surface area contributed by atoms with Crippen molar-refractivity contribution in [3.05, 3.63) is 68.7 Å². The molecule has 0 saturated carbocycles. The molecule has 2 nitrogen and oxygen atoms in total. The van der Waals surface area contributed by atoms with Crippen LogP contribution in [-0.4, -0.2) is 0 Å². The molecule has 2 rings (SSSR count). The van der Waals surface area contributed by atoms with E-state index in [4.69, 9.17) is 17.4 Å². The van der Waals surface area contributed by atoms with Gasteiger partial charge in [0.1, 0.15) is 0 Å². The third-order valence-electron chi connectivity index (χ3n) is 2.85. The largest absolute Gasteiger partial charge is 0.271 e. The van der Waals surface area contributed by atoms with Gasteiger partial charge in [-0.2, -0.15) is 0 Å². The summed E-state index contributed by atoms with van der Waals surface area (Å²) in [6, 6.07) is 13.7. The van der Waals surface area contributed by atoms with Crippen LogP contribution in [0, 0.1) is 6.92 Å². The number of nitrogens with one attached hydrogen (secondary N) is 1. The van der Waals surface area contributed by atoms with Gasteiger partial charge in [-0.3, -0.25) is 5.84 Å². The molecule has 0 amide bonds. The lowest BCUT2D eigenvalue weighted by molar-refractivity contribution is 0.634. The smallest absolute Gasteiger partial charge is 0.0735 e. The normalized spacial score (nSPS) is 12.4. The van der Waals surface area contributed by atoms with Gasteiger partial charge in [0.2, 0.25) is 0 Å². The molecule has 0 saturated heterocycles. The first-order valence-corrected chi connectivity index (χ1v) is 6.77. The molecule has 4 heteroatoms. The molecular weight excluding hydrogens is 312 g/mol. The summed E-state index contributed by atoms with van der Waals surface area (Å²) in [6.45, 7) is 2.05. The lowest BCUT2D eigenvalue weighted by atomic mass is 9.98. The Hall–Kier alpha value is -0.870. The molecule has 0 fully saturated rings. The molecule has 94 valence electrons. The molecule has 1 atom stereocenters. The molecule has 0 radical (unpaired) electrons. The van der Waals surface area contributed by atoms with Gasteiger partial charge in [-0.15, -0.1) is 0 Å². The highest BCUT2D eigenvalue weighted by atomic mass is 79.9. The first-order chi connectivity index (χ1) is 8.63. The highest BCUT2D eigenvalue weighted by molar-refractivity contribution is 9.10. The van der Waals surface area contributed by atoms with Crippen LogP contribution < -0.4 is 11.3 Å². The number of benzene rings is 2. The molecule has 0 spiro atoms. The van der Waals surface area contributed by atoms with Crippen molar-refractivity contribution in [3.63, 3.8) is 0 Å². The van der Waals surface area contributed by atoms with Gasteiger partial charge in [0.05, 0.1) is 6.04 Å². The van der Waals surface area contributed by atoms with Crippen molar-refractivity contribution in [1.29, 1.82) is 0 Å². The van der Waals surface area contributed by atoms with Gasteiger partial charge >= 0.3 is 0 Å². The van der Waals surface area contributed by atoms with Crippen molar-refractivity contribution in [1.82, 2.24) is 5.43 Å². The number of hydrazine groups is 1. The van der Waals surface area contributed by atoms with Crippen molar-refractivity contribution in [2.24, 2.45) is 5.84 Å². The molecule has 0 aliphatic carbocycles. The maximum absolute atomic E-state index is 6.23. The van der Waals surface area contributed by atoms with Crippen LogP contribution >= 0.6 is 27.5 Å². The standard InChI is InChI=1S/C14H14BrClN2/c1-9-6-7-12(15)11(8-9)14(18-17)10-4-2-3-5-13(10)16/h2-8,14,18H,17H2,1H3. The van der Waals surface area contributed by atoms with Crippen LogP contribution in [0.25, 0.3) is 0 Å². The van der Waals surface area contributed by atoms with Crippen molar-refractivity contribution in [2.75, 3.05) is 0 Å². The second-order valence-corrected chi connectivity index (χ2v) is 5.41. The van der Waals surface area contributed by atoms with Gasteiger partial charge in [-0.05, 0) is 30.2 Å². The number of aryl methyl sites for hydroxylation is 1. The Morgan fingerprint density at radius 3 is 2.56 bits per heavy atom. The Labute approximate surface area is 120 Å². The summed E-state index contributed by atoms with van der Waals surface area (Å²) in [5.41, 5.74) is 6.05. The number of rotatable bonds is 3. The second kappa shape index (κ2) is 5.85. The number of nitrogens with two attached hydrogens (primary N) is 1. The summed E-state index contributed by atoms with van der Waals surface area (Å²) in [5.74, 6) is 5.70. The van der Waals surface area contributed by atoms with Crippen LogP contribution in [0.3, 0.4) is 0 Å². The average Bonchev–Trinajstić information content (AvgIpc) is 2.36. The van der Waals surface area contributed by atoms with Gasteiger partial charge in [-0.25, -0.2) is 5.43 Å². The van der Waals surface area contributed by atoms with Gasteiger partial charge in [0.15, 0.2) is 0 Å². The molecule has 18 heavy (non-hydrogen) atoms. The molecule has 0 bridgehead atoms. The first-order valence-electron chi connectivity index (χ1n) is 5.60. The third-order valence-corrected chi connectivity index (χ3v) is 3.91. The van der Waals surface area contributed by atoms with Crippen LogP contribution in [0.2, 0.25) is 5.02 Å². The topological polar surface area (TPSA) is 38.0 Å². The molecule has 0 aliphatic rings. The monoisotopic (exact) mass is 324 g/mol. The summed E-state index contributed by atoms with van der Waals surface area (Å²) in [5, 5.41) is 0.703. The molecule has 0 aromatic heterocycles. The second-order valence-electron chi connectivity index (χ2n) is 4.15. The molecular formula is C14H14BrClN2. The Bertz CT molecular complexity index is 557. The minimum atomic E-state index is -0.132. The lowest BCUT2D eigenvalue weighted by Gasteiger charge is -2.20. The molecule has 0 aliphatic heterocycles. The number of halogens is 2. The summed E-state index contributed by atoms with van der Waals surface area (Å²) < 4.78 is 1.01. The van der Waals surface area contributed by atoms with Crippen molar-refractivity contribution >= 4 is 27.5 Å². The van der Waals surface area contributed by atoms with Crippen molar-refractivity contribution < 1.29 is 0 Å². The summed E-state index contributed by atoms with van der Waals surface area (Å²) >= 11 is 9.78. The van der Waals surface area contributed by atoms with E-state index >= 15 is 0 Å². The quantitative estimate of drug-likeness (QED) is 0.662. The number of hydrogen-bond donors (Lipinski definition) is 2. The van der Waals surface area contributed by atoms with Gasteiger partial charge in [0.25, 0.3) is 0 Å². The lowest BCUT2D eigenvalue weighted by Crippen LogP contribution is -2.29. The maximum Gasteiger partial charge on any atom is 0.0735 e. The van der Waals surface area contributed by atoms with E-state index in [1.165, 1.54) is 5.56 Å². The van der Waals surface area contributed by atoms with E-state index in [2.05, 4.69) is 34.3 Å². The fourth-order valence-corrected chi connectivity index (χ4v) is 2.66. The Morgan fingerprint density at radius 2 is 1.89 bits per heavy atom. The van der Waals surface area contributed by atoms with E-state index in [-0.39, 0.29) is 6.04 Å². The van der Waals surface area contributed by atoms with E-state index in [0.29, 0.717) is 5.02 Å². The minimum absolute atomic E-state index is 0.132. The predicted octanol–water partition coefficient (Wildman–Crippen LogP) is 3.96. The first kappa shape index (κ1) is 13.6. The minimum Gasteiger partial charge on any atom is -0.271 e. The number of hydrogen-bond acceptors (Lipinski definition) is 2. The molecule has 3 N–H and O–H groups in total. The Kier molecular flexibility index (Phi) is 4.40. The fourth-order valence-electron chi connectivity index (χ4n) is 1.94. The Morgan fingerprint density at radius 1 is 1.17 bits per heavy atom. The molecule has 0 heterocycles. The van der Waals surface area contributed by atoms with Crippen molar-refractivity contribution in [2.45, 2.75) is 13.0 Å². The van der Waals surface area contributed by atoms with Gasteiger partial charge in [0, 0.05) is 9.50 Å². The Balaban J connectivity index is 2.52. The van der Waals surface area contributed by atoms with Gasteiger partial charge in [-0.1, -0.05) is 63.4 Å².